The Labute approximate surface area is 114 Å². The van der Waals surface area contributed by atoms with Gasteiger partial charge in [-0.15, -0.1) is 0 Å². The summed E-state index contributed by atoms with van der Waals surface area (Å²) in [6, 6.07) is 3.64. The molecule has 0 unspecified atom stereocenters. The van der Waals surface area contributed by atoms with Gasteiger partial charge in [0.05, 0.1) is 6.54 Å². The maximum Gasteiger partial charge on any atom is 0.267 e. The highest BCUT2D eigenvalue weighted by atomic mass is 19.3. The van der Waals surface area contributed by atoms with Crippen LogP contribution in [0.3, 0.4) is 0 Å². The van der Waals surface area contributed by atoms with Crippen LogP contribution in [0.2, 0.25) is 0 Å². The van der Waals surface area contributed by atoms with E-state index in [1.165, 1.54) is 12.1 Å². The second-order valence-electron chi connectivity index (χ2n) is 4.61. The van der Waals surface area contributed by atoms with Crippen molar-refractivity contribution in [1.29, 1.82) is 0 Å². The third-order valence-electron chi connectivity index (χ3n) is 3.01. The Bertz CT molecular complexity index is 508. The number of halogens is 3. The predicted molar refractivity (Wildman–Crippen MR) is 66.4 cm³/mol. The molecule has 0 aromatic heterocycles. The Morgan fingerprint density at radius 3 is 2.75 bits per heavy atom. The standard InChI is InChI=1S/C13H15F3N2O2/c14-10-7-9(1-2-11(10)20-6-4-17)12(19)18-5-3-13(15,16)8-18/h1-2,7H,3-6,8,17H2. The summed E-state index contributed by atoms with van der Waals surface area (Å²) in [6.07, 6.45) is -0.362. The molecule has 0 bridgehead atoms. The molecule has 1 aromatic carbocycles. The monoisotopic (exact) mass is 288 g/mol. The summed E-state index contributed by atoms with van der Waals surface area (Å²) in [5.74, 6) is -4.20. The molecule has 1 fully saturated rings. The summed E-state index contributed by atoms with van der Waals surface area (Å²) in [4.78, 5) is 13.0. The molecule has 2 rings (SSSR count). The van der Waals surface area contributed by atoms with Crippen molar-refractivity contribution in [2.75, 3.05) is 26.2 Å². The maximum absolute atomic E-state index is 13.7. The van der Waals surface area contributed by atoms with Gasteiger partial charge in [-0.3, -0.25) is 4.79 Å². The first kappa shape index (κ1) is 14.6. The Morgan fingerprint density at radius 1 is 1.45 bits per heavy atom. The van der Waals surface area contributed by atoms with Crippen molar-refractivity contribution in [3.63, 3.8) is 0 Å². The summed E-state index contributed by atoms with van der Waals surface area (Å²) in [5, 5.41) is 0. The zero-order valence-electron chi connectivity index (χ0n) is 10.7. The molecule has 1 aliphatic heterocycles. The Balaban J connectivity index is 2.09. The predicted octanol–water partition coefficient (Wildman–Crippen LogP) is 1.64. The first-order valence-electron chi connectivity index (χ1n) is 6.22. The highest BCUT2D eigenvalue weighted by Crippen LogP contribution is 2.28. The minimum absolute atomic E-state index is 0.0150. The second kappa shape index (κ2) is 5.70. The lowest BCUT2D eigenvalue weighted by atomic mass is 10.2. The fourth-order valence-electron chi connectivity index (χ4n) is 2.01. The number of benzene rings is 1. The molecule has 4 nitrogen and oxygen atoms in total. The van der Waals surface area contributed by atoms with E-state index in [0.29, 0.717) is 0 Å². The lowest BCUT2D eigenvalue weighted by Gasteiger charge is -2.16. The number of ether oxygens (including phenoxy) is 1. The number of hydrogen-bond acceptors (Lipinski definition) is 3. The molecule has 1 saturated heterocycles. The van der Waals surface area contributed by atoms with Crippen LogP contribution in [0.1, 0.15) is 16.8 Å². The van der Waals surface area contributed by atoms with E-state index in [1.807, 2.05) is 0 Å². The molecule has 0 radical (unpaired) electrons. The SMILES string of the molecule is NCCOc1ccc(C(=O)N2CCC(F)(F)C2)cc1F. The lowest BCUT2D eigenvalue weighted by molar-refractivity contribution is 0.0120. The van der Waals surface area contributed by atoms with Crippen molar-refractivity contribution < 1.29 is 22.7 Å². The fraction of sp³-hybridized carbons (Fsp3) is 0.462. The molecule has 0 atom stereocenters. The zero-order valence-corrected chi connectivity index (χ0v) is 10.7. The number of likely N-dealkylation sites (tertiary alicyclic amines) is 1. The molecule has 110 valence electrons. The highest BCUT2D eigenvalue weighted by molar-refractivity contribution is 5.94. The summed E-state index contributed by atoms with van der Waals surface area (Å²) in [7, 11) is 0. The molecule has 20 heavy (non-hydrogen) atoms. The summed E-state index contributed by atoms with van der Waals surface area (Å²) < 4.78 is 44.8. The molecule has 0 saturated carbocycles. The van der Waals surface area contributed by atoms with Crippen molar-refractivity contribution >= 4 is 5.91 Å². The molecule has 2 N–H and O–H groups in total. The Kier molecular flexibility index (Phi) is 4.17. The van der Waals surface area contributed by atoms with Crippen LogP contribution < -0.4 is 10.5 Å². The van der Waals surface area contributed by atoms with E-state index < -0.39 is 24.2 Å². The average molecular weight is 288 g/mol. The first-order chi connectivity index (χ1) is 9.43. The van der Waals surface area contributed by atoms with Crippen LogP contribution in [0.5, 0.6) is 5.75 Å². The van der Waals surface area contributed by atoms with Crippen molar-refractivity contribution in [2.45, 2.75) is 12.3 Å². The molecule has 1 heterocycles. The number of carbonyl (C=O) groups is 1. The third-order valence-corrected chi connectivity index (χ3v) is 3.01. The minimum Gasteiger partial charge on any atom is -0.489 e. The fourth-order valence-corrected chi connectivity index (χ4v) is 2.01. The van der Waals surface area contributed by atoms with Gasteiger partial charge in [-0.05, 0) is 18.2 Å². The number of rotatable bonds is 4. The van der Waals surface area contributed by atoms with E-state index in [1.54, 1.807) is 0 Å². The van der Waals surface area contributed by atoms with Crippen LogP contribution in [0.15, 0.2) is 18.2 Å². The van der Waals surface area contributed by atoms with Crippen LogP contribution >= 0.6 is 0 Å². The van der Waals surface area contributed by atoms with Crippen LogP contribution in [-0.2, 0) is 0 Å². The van der Waals surface area contributed by atoms with E-state index in [0.717, 1.165) is 11.0 Å². The lowest BCUT2D eigenvalue weighted by Crippen LogP contribution is -2.31. The zero-order chi connectivity index (χ0) is 14.8. The molecular weight excluding hydrogens is 273 g/mol. The average Bonchev–Trinajstić information content (AvgIpc) is 2.77. The number of hydrogen-bond donors (Lipinski definition) is 1. The second-order valence-corrected chi connectivity index (χ2v) is 4.61. The molecule has 1 aromatic rings. The number of alkyl halides is 2. The van der Waals surface area contributed by atoms with Crippen LogP contribution in [0, 0.1) is 5.82 Å². The first-order valence-corrected chi connectivity index (χ1v) is 6.22. The summed E-state index contributed by atoms with van der Waals surface area (Å²) >= 11 is 0. The van der Waals surface area contributed by atoms with Crippen molar-refractivity contribution in [3.05, 3.63) is 29.6 Å². The van der Waals surface area contributed by atoms with Crippen molar-refractivity contribution in [2.24, 2.45) is 5.73 Å². The van der Waals surface area contributed by atoms with Crippen LogP contribution in [-0.4, -0.2) is 43.0 Å². The van der Waals surface area contributed by atoms with Gasteiger partial charge in [-0.1, -0.05) is 0 Å². The normalized spacial score (nSPS) is 17.3. The molecule has 0 spiro atoms. The largest absolute Gasteiger partial charge is 0.489 e. The van der Waals surface area contributed by atoms with Gasteiger partial charge in [-0.25, -0.2) is 13.2 Å². The van der Waals surface area contributed by atoms with Gasteiger partial charge < -0.3 is 15.4 Å². The highest BCUT2D eigenvalue weighted by Gasteiger charge is 2.40. The number of amides is 1. The summed E-state index contributed by atoms with van der Waals surface area (Å²) in [5.41, 5.74) is 5.26. The van der Waals surface area contributed by atoms with Gasteiger partial charge in [0.2, 0.25) is 0 Å². The van der Waals surface area contributed by atoms with Crippen LogP contribution in [0.4, 0.5) is 13.2 Å². The van der Waals surface area contributed by atoms with Crippen molar-refractivity contribution in [3.8, 4) is 5.75 Å². The van der Waals surface area contributed by atoms with E-state index in [-0.39, 0.29) is 37.4 Å². The smallest absolute Gasteiger partial charge is 0.267 e. The van der Waals surface area contributed by atoms with Gasteiger partial charge in [0.25, 0.3) is 11.8 Å². The van der Waals surface area contributed by atoms with Gasteiger partial charge in [0.1, 0.15) is 6.61 Å². The molecular formula is C13H15F3N2O2. The van der Waals surface area contributed by atoms with E-state index in [4.69, 9.17) is 10.5 Å². The molecule has 1 amide bonds. The topological polar surface area (TPSA) is 55.6 Å². The van der Waals surface area contributed by atoms with E-state index in [2.05, 4.69) is 0 Å². The molecule has 1 aliphatic rings. The number of nitrogens with two attached hydrogens (primary N) is 1. The maximum atomic E-state index is 13.7. The Hall–Kier alpha value is -1.76. The van der Waals surface area contributed by atoms with E-state index in [9.17, 15) is 18.0 Å². The Morgan fingerprint density at radius 2 is 2.20 bits per heavy atom. The third kappa shape index (κ3) is 3.22. The quantitative estimate of drug-likeness (QED) is 0.916. The van der Waals surface area contributed by atoms with Crippen LogP contribution in [0.25, 0.3) is 0 Å². The van der Waals surface area contributed by atoms with Gasteiger partial charge in [0, 0.05) is 25.1 Å². The van der Waals surface area contributed by atoms with E-state index >= 15 is 0 Å². The number of nitrogens with zero attached hydrogens (tertiary/aromatic N) is 1. The molecule has 0 aliphatic carbocycles. The van der Waals surface area contributed by atoms with Gasteiger partial charge in [0.15, 0.2) is 11.6 Å². The van der Waals surface area contributed by atoms with Crippen molar-refractivity contribution in [1.82, 2.24) is 4.90 Å². The summed E-state index contributed by atoms with van der Waals surface area (Å²) in [6.45, 7) is -0.261. The van der Waals surface area contributed by atoms with Gasteiger partial charge in [-0.2, -0.15) is 0 Å². The van der Waals surface area contributed by atoms with Gasteiger partial charge >= 0.3 is 0 Å². The number of carbonyl (C=O) groups excluding carboxylic acids is 1. The minimum atomic E-state index is -2.86. The molecule has 7 heteroatoms.